The van der Waals surface area contributed by atoms with E-state index in [1.165, 1.54) is 4.31 Å². The number of carbonyl (C=O) groups is 1. The second-order valence-electron chi connectivity index (χ2n) is 7.66. The number of sulfonamides is 1. The molecule has 0 aliphatic carbocycles. The minimum Gasteiger partial charge on any atom is -0.336 e. The van der Waals surface area contributed by atoms with Gasteiger partial charge in [-0.05, 0) is 50.2 Å². The minimum atomic E-state index is -3.74. The minimum absolute atomic E-state index is 0.0949. The van der Waals surface area contributed by atoms with Gasteiger partial charge in [0, 0.05) is 36.9 Å². The summed E-state index contributed by atoms with van der Waals surface area (Å²) >= 11 is 1.11. The lowest BCUT2D eigenvalue weighted by Crippen LogP contribution is -2.55. The zero-order chi connectivity index (χ0) is 22.9. The molecular weight excluding hydrogens is 444 g/mol. The third-order valence-corrected chi connectivity index (χ3v) is 8.98. The SMILES string of the molecule is Cc1ccc(C#N)c(-c2ccc(S(=O)(=O)N3CCN(C(=O)c4ccccc4)C[C@H]3C)s2)n1. The summed E-state index contributed by atoms with van der Waals surface area (Å²) in [6, 6.07) is 17.5. The van der Waals surface area contributed by atoms with Crippen molar-refractivity contribution in [3.05, 3.63) is 71.4 Å². The Morgan fingerprint density at radius 3 is 2.56 bits per heavy atom. The number of benzene rings is 1. The Balaban J connectivity index is 1.55. The largest absolute Gasteiger partial charge is 0.336 e. The first-order chi connectivity index (χ1) is 15.3. The second kappa shape index (κ2) is 8.82. The summed E-state index contributed by atoms with van der Waals surface area (Å²) in [6.07, 6.45) is 0. The quantitative estimate of drug-likeness (QED) is 0.586. The number of piperazine rings is 1. The van der Waals surface area contributed by atoms with Crippen molar-refractivity contribution in [3.63, 3.8) is 0 Å². The van der Waals surface area contributed by atoms with E-state index in [9.17, 15) is 18.5 Å². The molecule has 32 heavy (non-hydrogen) atoms. The van der Waals surface area contributed by atoms with Crippen molar-refractivity contribution in [2.24, 2.45) is 0 Å². The Morgan fingerprint density at radius 2 is 1.88 bits per heavy atom. The van der Waals surface area contributed by atoms with Crippen LogP contribution in [0.1, 0.15) is 28.5 Å². The summed E-state index contributed by atoms with van der Waals surface area (Å²) in [7, 11) is -3.74. The van der Waals surface area contributed by atoms with Gasteiger partial charge in [0.05, 0.1) is 16.1 Å². The summed E-state index contributed by atoms with van der Waals surface area (Å²) in [5.41, 5.74) is 2.25. The third kappa shape index (κ3) is 4.17. The highest BCUT2D eigenvalue weighted by Crippen LogP contribution is 2.34. The molecule has 2 aromatic heterocycles. The number of rotatable bonds is 4. The summed E-state index contributed by atoms with van der Waals surface area (Å²) in [6.45, 7) is 4.51. The zero-order valence-electron chi connectivity index (χ0n) is 17.7. The number of amides is 1. The molecule has 164 valence electrons. The lowest BCUT2D eigenvalue weighted by molar-refractivity contribution is 0.0642. The van der Waals surface area contributed by atoms with Crippen LogP contribution in [0.5, 0.6) is 0 Å². The zero-order valence-corrected chi connectivity index (χ0v) is 19.4. The molecule has 3 heterocycles. The molecule has 0 saturated carbocycles. The average molecular weight is 467 g/mol. The molecule has 1 atom stereocenters. The van der Waals surface area contributed by atoms with E-state index in [0.29, 0.717) is 34.8 Å². The molecule has 3 aromatic rings. The van der Waals surface area contributed by atoms with Crippen LogP contribution in [0.15, 0.2) is 58.8 Å². The maximum absolute atomic E-state index is 13.4. The van der Waals surface area contributed by atoms with Crippen molar-refractivity contribution in [2.45, 2.75) is 24.1 Å². The van der Waals surface area contributed by atoms with Crippen molar-refractivity contribution in [1.82, 2.24) is 14.2 Å². The van der Waals surface area contributed by atoms with E-state index in [1.54, 1.807) is 41.3 Å². The fourth-order valence-electron chi connectivity index (χ4n) is 3.78. The fourth-order valence-corrected chi connectivity index (χ4v) is 6.83. The van der Waals surface area contributed by atoms with Crippen molar-refractivity contribution in [1.29, 1.82) is 5.26 Å². The van der Waals surface area contributed by atoms with Gasteiger partial charge in [0.1, 0.15) is 10.3 Å². The molecule has 0 N–H and O–H groups in total. The van der Waals surface area contributed by atoms with Crippen LogP contribution in [-0.2, 0) is 10.0 Å². The molecule has 0 spiro atoms. The molecule has 9 heteroatoms. The molecular formula is C23H22N4O3S2. The number of aromatic nitrogens is 1. The van der Waals surface area contributed by atoms with Crippen LogP contribution in [0, 0.1) is 18.3 Å². The highest BCUT2D eigenvalue weighted by molar-refractivity contribution is 7.91. The summed E-state index contributed by atoms with van der Waals surface area (Å²) in [5, 5.41) is 9.38. The monoisotopic (exact) mass is 466 g/mol. The number of aryl methyl sites for hydroxylation is 1. The number of hydrogen-bond acceptors (Lipinski definition) is 6. The van der Waals surface area contributed by atoms with E-state index in [0.717, 1.165) is 17.0 Å². The van der Waals surface area contributed by atoms with Gasteiger partial charge < -0.3 is 4.90 Å². The molecule has 1 saturated heterocycles. The number of thiophene rings is 1. The average Bonchev–Trinajstić information content (AvgIpc) is 3.30. The van der Waals surface area contributed by atoms with E-state index in [2.05, 4.69) is 11.1 Å². The number of nitriles is 1. The molecule has 4 rings (SSSR count). The Hall–Kier alpha value is -3.06. The number of hydrogen-bond donors (Lipinski definition) is 0. The van der Waals surface area contributed by atoms with Gasteiger partial charge >= 0.3 is 0 Å². The van der Waals surface area contributed by atoms with Crippen molar-refractivity contribution in [2.75, 3.05) is 19.6 Å². The van der Waals surface area contributed by atoms with Gasteiger partial charge in [-0.25, -0.2) is 8.42 Å². The van der Waals surface area contributed by atoms with Crippen molar-refractivity contribution in [3.8, 4) is 16.6 Å². The van der Waals surface area contributed by atoms with Gasteiger partial charge in [0.2, 0.25) is 0 Å². The van der Waals surface area contributed by atoms with Gasteiger partial charge in [-0.15, -0.1) is 11.3 Å². The molecule has 0 bridgehead atoms. The predicted molar refractivity (Wildman–Crippen MR) is 123 cm³/mol. The van der Waals surface area contributed by atoms with Crippen LogP contribution in [0.4, 0.5) is 0 Å². The molecule has 1 aliphatic heterocycles. The van der Waals surface area contributed by atoms with E-state index >= 15 is 0 Å². The molecule has 1 aliphatic rings. The van der Waals surface area contributed by atoms with E-state index in [4.69, 9.17) is 0 Å². The Bertz CT molecular complexity index is 1300. The second-order valence-corrected chi connectivity index (χ2v) is 10.9. The number of nitrogens with zero attached hydrogens (tertiary/aromatic N) is 4. The van der Waals surface area contributed by atoms with Crippen LogP contribution in [0.3, 0.4) is 0 Å². The van der Waals surface area contributed by atoms with Gasteiger partial charge in [0.15, 0.2) is 0 Å². The van der Waals surface area contributed by atoms with Gasteiger partial charge in [-0.2, -0.15) is 9.57 Å². The number of pyridine rings is 1. The van der Waals surface area contributed by atoms with Crippen molar-refractivity contribution < 1.29 is 13.2 Å². The maximum atomic E-state index is 13.4. The van der Waals surface area contributed by atoms with E-state index in [1.807, 2.05) is 32.0 Å². The van der Waals surface area contributed by atoms with Gasteiger partial charge in [-0.1, -0.05) is 18.2 Å². The van der Waals surface area contributed by atoms with Crippen molar-refractivity contribution >= 4 is 27.3 Å². The van der Waals surface area contributed by atoms with Gasteiger partial charge in [0.25, 0.3) is 15.9 Å². The van der Waals surface area contributed by atoms with Crippen LogP contribution in [-0.4, -0.2) is 54.2 Å². The first-order valence-electron chi connectivity index (χ1n) is 10.2. The Morgan fingerprint density at radius 1 is 1.12 bits per heavy atom. The summed E-state index contributed by atoms with van der Waals surface area (Å²) in [4.78, 5) is 19.5. The molecule has 0 radical (unpaired) electrons. The van der Waals surface area contributed by atoms with Crippen LogP contribution >= 0.6 is 11.3 Å². The van der Waals surface area contributed by atoms with Crippen LogP contribution in [0.2, 0.25) is 0 Å². The molecule has 1 aromatic carbocycles. The number of carbonyl (C=O) groups excluding carboxylic acids is 1. The van der Waals surface area contributed by atoms with Crippen LogP contribution < -0.4 is 0 Å². The summed E-state index contributed by atoms with van der Waals surface area (Å²) < 4.78 is 28.4. The first kappa shape index (κ1) is 22.1. The molecule has 7 nitrogen and oxygen atoms in total. The van der Waals surface area contributed by atoms with Crippen LogP contribution in [0.25, 0.3) is 10.6 Å². The molecule has 1 amide bonds. The molecule has 1 fully saturated rings. The Labute approximate surface area is 191 Å². The van der Waals surface area contributed by atoms with E-state index < -0.39 is 10.0 Å². The molecule has 0 unspecified atom stereocenters. The fraction of sp³-hybridized carbons (Fsp3) is 0.261. The lowest BCUT2D eigenvalue weighted by Gasteiger charge is -2.38. The lowest BCUT2D eigenvalue weighted by atomic mass is 10.1. The standard InChI is InChI=1S/C23H22N4O3S2/c1-16-8-9-19(14-24)22(25-16)20-10-11-21(31-20)32(29,30)27-13-12-26(15-17(27)2)23(28)18-6-4-3-5-7-18/h3-11,17H,12-13,15H2,1-2H3/t17-/m1/s1. The maximum Gasteiger partial charge on any atom is 0.253 e. The van der Waals surface area contributed by atoms with Gasteiger partial charge in [-0.3, -0.25) is 9.78 Å². The Kier molecular flexibility index (Phi) is 6.11. The highest BCUT2D eigenvalue weighted by atomic mass is 32.2. The highest BCUT2D eigenvalue weighted by Gasteiger charge is 2.36. The van der Waals surface area contributed by atoms with E-state index in [-0.39, 0.29) is 22.7 Å². The first-order valence-corrected chi connectivity index (χ1v) is 12.4. The predicted octanol–water partition coefficient (Wildman–Crippen LogP) is 3.53. The third-order valence-electron chi connectivity index (χ3n) is 5.41. The summed E-state index contributed by atoms with van der Waals surface area (Å²) in [5.74, 6) is -0.0949. The normalized spacial score (nSPS) is 17.2. The smallest absolute Gasteiger partial charge is 0.253 e. The topological polar surface area (TPSA) is 94.4 Å².